The molecule has 0 saturated carbocycles. The first-order valence-electron chi connectivity index (χ1n) is 3.85. The number of nitrogens with zero attached hydrogens (tertiary/aromatic N) is 2. The first-order chi connectivity index (χ1) is 5.92. The minimum Gasteiger partial charge on any atom is -0.276 e. The molecule has 1 aromatic carbocycles. The second-order valence-corrected chi connectivity index (χ2v) is 2.54. The molecular weight excluding hydrogens is 152 g/mol. The maximum absolute atomic E-state index is 5.16. The van der Waals surface area contributed by atoms with E-state index in [0.29, 0.717) is 6.54 Å². The van der Waals surface area contributed by atoms with Gasteiger partial charge in [0.1, 0.15) is 0 Å². The maximum atomic E-state index is 5.16. The summed E-state index contributed by atoms with van der Waals surface area (Å²) in [5.74, 6) is 0. The molecule has 0 aromatic heterocycles. The molecule has 3 heteroatoms. The fourth-order valence-corrected chi connectivity index (χ4v) is 1.27. The van der Waals surface area contributed by atoms with Gasteiger partial charge in [-0.1, -0.05) is 12.1 Å². The number of benzene rings is 1. The Morgan fingerprint density at radius 2 is 2.25 bits per heavy atom. The molecule has 0 saturated heterocycles. The van der Waals surface area contributed by atoms with Gasteiger partial charge in [-0.25, -0.2) is 5.06 Å². The number of rotatable bonds is 1. The molecule has 1 heterocycles. The summed E-state index contributed by atoms with van der Waals surface area (Å²) in [4.78, 5) is 9.40. The van der Waals surface area contributed by atoms with Crippen LogP contribution in [0.25, 0.3) is 0 Å². The van der Waals surface area contributed by atoms with Crippen LogP contribution in [0.3, 0.4) is 0 Å². The topological polar surface area (TPSA) is 24.8 Å². The Labute approximate surface area is 71.2 Å². The lowest BCUT2D eigenvalue weighted by Gasteiger charge is -2.23. The van der Waals surface area contributed by atoms with Crippen molar-refractivity contribution in [3.8, 4) is 0 Å². The molecule has 0 unspecified atom stereocenters. The predicted octanol–water partition coefficient (Wildman–Crippen LogP) is 1.77. The van der Waals surface area contributed by atoms with E-state index in [2.05, 4.69) is 4.99 Å². The van der Waals surface area contributed by atoms with Gasteiger partial charge in [0.2, 0.25) is 0 Å². The molecule has 12 heavy (non-hydrogen) atoms. The van der Waals surface area contributed by atoms with Crippen molar-refractivity contribution in [3.05, 3.63) is 24.3 Å². The Hall–Kier alpha value is -1.35. The Morgan fingerprint density at radius 1 is 1.42 bits per heavy atom. The number of para-hydroxylation sites is 2. The Balaban J connectivity index is 2.45. The van der Waals surface area contributed by atoms with Gasteiger partial charge in [0.25, 0.3) is 0 Å². The summed E-state index contributed by atoms with van der Waals surface area (Å²) >= 11 is 0. The highest BCUT2D eigenvalue weighted by Gasteiger charge is 2.11. The first-order valence-corrected chi connectivity index (χ1v) is 3.85. The van der Waals surface area contributed by atoms with Crippen LogP contribution < -0.4 is 5.06 Å². The summed E-state index contributed by atoms with van der Waals surface area (Å²) < 4.78 is 0. The van der Waals surface area contributed by atoms with Gasteiger partial charge < -0.3 is 0 Å². The fraction of sp³-hybridized carbons (Fsp3) is 0.222. The quantitative estimate of drug-likeness (QED) is 0.628. The number of hydrogen-bond acceptors (Lipinski definition) is 3. The molecule has 0 atom stereocenters. The maximum Gasteiger partial charge on any atom is 0.0897 e. The van der Waals surface area contributed by atoms with Gasteiger partial charge in [0, 0.05) is 6.21 Å². The smallest absolute Gasteiger partial charge is 0.0897 e. The van der Waals surface area contributed by atoms with Crippen molar-refractivity contribution in [3.63, 3.8) is 0 Å². The summed E-state index contributed by atoms with van der Waals surface area (Å²) in [6, 6.07) is 7.91. The van der Waals surface area contributed by atoms with Crippen LogP contribution in [-0.2, 0) is 4.84 Å². The number of hydroxylamine groups is 1. The predicted molar refractivity (Wildman–Crippen MR) is 48.9 cm³/mol. The zero-order valence-electron chi connectivity index (χ0n) is 6.90. The van der Waals surface area contributed by atoms with Crippen LogP contribution in [-0.4, -0.2) is 19.9 Å². The van der Waals surface area contributed by atoms with E-state index in [-0.39, 0.29) is 0 Å². The summed E-state index contributed by atoms with van der Waals surface area (Å²) in [5, 5.41) is 1.81. The Morgan fingerprint density at radius 3 is 3.08 bits per heavy atom. The summed E-state index contributed by atoms with van der Waals surface area (Å²) in [5.41, 5.74) is 1.99. The molecule has 1 aromatic rings. The molecule has 2 rings (SSSR count). The van der Waals surface area contributed by atoms with E-state index in [1.54, 1.807) is 7.11 Å². The Bertz CT molecular complexity index is 309. The standard InChI is InChI=1S/C9H10N2O/c1-12-11-7-6-10-8-4-2-3-5-9(8)11/h2-6H,7H2,1H3. The van der Waals surface area contributed by atoms with E-state index in [9.17, 15) is 0 Å². The van der Waals surface area contributed by atoms with Crippen molar-refractivity contribution in [1.82, 2.24) is 0 Å². The minimum absolute atomic E-state index is 0.716. The van der Waals surface area contributed by atoms with Crippen molar-refractivity contribution in [2.75, 3.05) is 18.7 Å². The minimum atomic E-state index is 0.716. The third-order valence-corrected chi connectivity index (χ3v) is 1.85. The summed E-state index contributed by atoms with van der Waals surface area (Å²) in [6.45, 7) is 0.716. The number of anilines is 1. The van der Waals surface area contributed by atoms with Gasteiger partial charge in [-0.15, -0.1) is 0 Å². The summed E-state index contributed by atoms with van der Waals surface area (Å²) in [6.07, 6.45) is 1.84. The highest BCUT2D eigenvalue weighted by Crippen LogP contribution is 2.29. The average molecular weight is 162 g/mol. The van der Waals surface area contributed by atoms with Crippen LogP contribution in [0.15, 0.2) is 29.3 Å². The third kappa shape index (κ3) is 1.08. The van der Waals surface area contributed by atoms with Gasteiger partial charge in [0.05, 0.1) is 25.0 Å². The van der Waals surface area contributed by atoms with Crippen molar-refractivity contribution in [2.45, 2.75) is 0 Å². The molecule has 0 radical (unpaired) electrons. The summed E-state index contributed by atoms with van der Waals surface area (Å²) in [7, 11) is 1.66. The van der Waals surface area contributed by atoms with E-state index in [4.69, 9.17) is 4.84 Å². The lowest BCUT2D eigenvalue weighted by atomic mass is 10.2. The SMILES string of the molecule is CON1CC=Nc2ccccc21. The van der Waals surface area contributed by atoms with E-state index in [0.717, 1.165) is 11.4 Å². The van der Waals surface area contributed by atoms with E-state index >= 15 is 0 Å². The molecule has 0 fully saturated rings. The van der Waals surface area contributed by atoms with E-state index in [1.807, 2.05) is 35.5 Å². The molecule has 62 valence electrons. The lowest BCUT2D eigenvalue weighted by molar-refractivity contribution is 0.178. The zero-order chi connectivity index (χ0) is 8.39. The third-order valence-electron chi connectivity index (χ3n) is 1.85. The van der Waals surface area contributed by atoms with Crippen molar-refractivity contribution < 1.29 is 4.84 Å². The number of fused-ring (bicyclic) bond motifs is 1. The molecule has 0 bridgehead atoms. The first kappa shape index (κ1) is 7.31. The molecule has 0 amide bonds. The highest BCUT2D eigenvalue weighted by atomic mass is 16.7. The van der Waals surface area contributed by atoms with Crippen molar-refractivity contribution in [1.29, 1.82) is 0 Å². The molecule has 1 aliphatic heterocycles. The second kappa shape index (κ2) is 2.95. The highest BCUT2D eigenvalue weighted by molar-refractivity contribution is 5.80. The van der Waals surface area contributed by atoms with Crippen LogP contribution in [0.2, 0.25) is 0 Å². The monoisotopic (exact) mass is 162 g/mol. The van der Waals surface area contributed by atoms with Crippen molar-refractivity contribution >= 4 is 17.6 Å². The molecule has 3 nitrogen and oxygen atoms in total. The van der Waals surface area contributed by atoms with Crippen LogP contribution >= 0.6 is 0 Å². The van der Waals surface area contributed by atoms with Gasteiger partial charge >= 0.3 is 0 Å². The molecule has 0 spiro atoms. The van der Waals surface area contributed by atoms with Crippen LogP contribution in [0.5, 0.6) is 0 Å². The fourth-order valence-electron chi connectivity index (χ4n) is 1.27. The molecule has 0 N–H and O–H groups in total. The van der Waals surface area contributed by atoms with Crippen LogP contribution in [0.4, 0.5) is 11.4 Å². The van der Waals surface area contributed by atoms with Gasteiger partial charge in [-0.05, 0) is 12.1 Å². The van der Waals surface area contributed by atoms with Gasteiger partial charge in [0.15, 0.2) is 0 Å². The lowest BCUT2D eigenvalue weighted by Crippen LogP contribution is -2.25. The average Bonchev–Trinajstić information content (AvgIpc) is 2.17. The number of hydrogen-bond donors (Lipinski definition) is 0. The molecule has 0 aliphatic carbocycles. The Kier molecular flexibility index (Phi) is 1.80. The van der Waals surface area contributed by atoms with Gasteiger partial charge in [-0.2, -0.15) is 0 Å². The van der Waals surface area contributed by atoms with E-state index < -0.39 is 0 Å². The van der Waals surface area contributed by atoms with Crippen LogP contribution in [0.1, 0.15) is 0 Å². The molecule has 1 aliphatic rings. The molecular formula is C9H10N2O. The van der Waals surface area contributed by atoms with Crippen LogP contribution in [0, 0.1) is 0 Å². The van der Waals surface area contributed by atoms with Crippen molar-refractivity contribution in [2.24, 2.45) is 4.99 Å². The normalized spacial score (nSPS) is 14.6. The second-order valence-electron chi connectivity index (χ2n) is 2.54. The zero-order valence-corrected chi connectivity index (χ0v) is 6.90. The number of aliphatic imine (C=N–C) groups is 1. The van der Waals surface area contributed by atoms with E-state index in [1.165, 1.54) is 0 Å². The van der Waals surface area contributed by atoms with Gasteiger partial charge in [-0.3, -0.25) is 9.83 Å². The largest absolute Gasteiger partial charge is 0.276 e.